The molecule has 0 aromatic rings. The smallest absolute Gasteiger partial charge is 0.0204 e. The van der Waals surface area contributed by atoms with Gasteiger partial charge in [0.25, 0.3) is 0 Å². The number of hydrogen-bond acceptors (Lipinski definition) is 2. The van der Waals surface area contributed by atoms with Crippen molar-refractivity contribution in [1.29, 1.82) is 0 Å². The van der Waals surface area contributed by atoms with Crippen LogP contribution in [0.15, 0.2) is 0 Å². The van der Waals surface area contributed by atoms with Crippen molar-refractivity contribution in [3.05, 3.63) is 0 Å². The number of nitrogens with two attached hydrogens (primary N) is 1. The maximum atomic E-state index is 5.39. The van der Waals surface area contributed by atoms with E-state index in [0.717, 1.165) is 19.5 Å². The second-order valence-corrected chi connectivity index (χ2v) is 3.76. The summed E-state index contributed by atoms with van der Waals surface area (Å²) in [4.78, 5) is 0. The van der Waals surface area contributed by atoms with Gasteiger partial charge in [0.15, 0.2) is 0 Å². The van der Waals surface area contributed by atoms with E-state index in [1.807, 2.05) is 0 Å². The highest BCUT2D eigenvalue weighted by atomic mass is 127. The third-order valence-corrected chi connectivity index (χ3v) is 3.08. The lowest BCUT2D eigenvalue weighted by atomic mass is 10.2. The molecule has 1 unspecified atom stereocenters. The minimum atomic E-state index is 0.687. The van der Waals surface area contributed by atoms with E-state index in [2.05, 4.69) is 39.8 Å². The van der Waals surface area contributed by atoms with Crippen LogP contribution < -0.4 is 5.73 Å². The molecule has 0 rings (SSSR count). The Balaban J connectivity index is 3.31. The molecule has 0 aliphatic heterocycles. The predicted molar refractivity (Wildman–Crippen MR) is 54.2 cm³/mol. The molecule has 3 heteroatoms. The molecule has 2 nitrogen and oxygen atoms in total. The van der Waals surface area contributed by atoms with E-state index in [4.69, 9.17) is 5.73 Å². The Hall–Kier alpha value is 0.650. The van der Waals surface area contributed by atoms with E-state index < -0.39 is 0 Å². The number of halogens is 1. The van der Waals surface area contributed by atoms with Crippen molar-refractivity contribution in [2.75, 3.05) is 13.1 Å². The Bertz CT molecular complexity index is 78.0. The van der Waals surface area contributed by atoms with Crippen LogP contribution in [-0.4, -0.2) is 22.2 Å². The molecular formula is C7H17IN2. The maximum absolute atomic E-state index is 5.39. The van der Waals surface area contributed by atoms with Crippen LogP contribution in [0.3, 0.4) is 0 Å². The number of rotatable bonds is 5. The Kier molecular flexibility index (Phi) is 6.78. The first-order valence-corrected chi connectivity index (χ1v) is 4.81. The molecule has 0 amide bonds. The van der Waals surface area contributed by atoms with Gasteiger partial charge in [-0.15, -0.1) is 0 Å². The van der Waals surface area contributed by atoms with Crippen LogP contribution in [0.2, 0.25) is 0 Å². The first kappa shape index (κ1) is 10.7. The molecule has 0 saturated heterocycles. The Morgan fingerprint density at radius 2 is 2.20 bits per heavy atom. The van der Waals surface area contributed by atoms with Gasteiger partial charge in [-0.3, -0.25) is 0 Å². The van der Waals surface area contributed by atoms with Crippen LogP contribution in [0.25, 0.3) is 0 Å². The summed E-state index contributed by atoms with van der Waals surface area (Å²) >= 11 is 2.37. The first-order chi connectivity index (χ1) is 4.72. The van der Waals surface area contributed by atoms with E-state index in [9.17, 15) is 0 Å². The third-order valence-electron chi connectivity index (χ3n) is 1.64. The van der Waals surface area contributed by atoms with Gasteiger partial charge in [0.1, 0.15) is 0 Å². The zero-order valence-electron chi connectivity index (χ0n) is 6.81. The number of nitrogens with zero attached hydrogens (tertiary/aromatic N) is 1. The van der Waals surface area contributed by atoms with Gasteiger partial charge >= 0.3 is 0 Å². The summed E-state index contributed by atoms with van der Waals surface area (Å²) in [5, 5.41) is 0. The predicted octanol–water partition coefficient (Wildman–Crippen LogP) is 1.79. The van der Waals surface area contributed by atoms with E-state index in [-0.39, 0.29) is 0 Å². The van der Waals surface area contributed by atoms with Crippen molar-refractivity contribution in [2.24, 2.45) is 5.73 Å². The number of hydrogen-bond donors (Lipinski definition) is 1. The molecule has 0 aromatic heterocycles. The molecule has 0 aromatic carbocycles. The van der Waals surface area contributed by atoms with Crippen LogP contribution in [0.5, 0.6) is 0 Å². The summed E-state index contributed by atoms with van der Waals surface area (Å²) in [5.41, 5.74) is 5.39. The van der Waals surface area contributed by atoms with Crippen LogP contribution in [0, 0.1) is 0 Å². The van der Waals surface area contributed by atoms with E-state index >= 15 is 0 Å². The molecule has 0 spiro atoms. The van der Waals surface area contributed by atoms with Crippen LogP contribution in [0.4, 0.5) is 0 Å². The molecule has 0 bridgehead atoms. The van der Waals surface area contributed by atoms with Gasteiger partial charge in [0, 0.05) is 35.5 Å². The molecule has 2 N–H and O–H groups in total. The molecule has 0 aliphatic rings. The minimum absolute atomic E-state index is 0.687. The van der Waals surface area contributed by atoms with Crippen molar-refractivity contribution >= 4 is 22.9 Å². The lowest BCUT2D eigenvalue weighted by molar-refractivity contribution is 0.391. The second-order valence-electron chi connectivity index (χ2n) is 2.52. The summed E-state index contributed by atoms with van der Waals surface area (Å²) < 4.78 is 2.32. The fraction of sp³-hybridized carbons (Fsp3) is 1.00. The van der Waals surface area contributed by atoms with Gasteiger partial charge in [-0.1, -0.05) is 6.92 Å². The highest BCUT2D eigenvalue weighted by molar-refractivity contribution is 14.1. The Labute approximate surface area is 77.6 Å². The van der Waals surface area contributed by atoms with Crippen molar-refractivity contribution in [2.45, 2.75) is 32.7 Å². The molecule has 0 radical (unpaired) electrons. The van der Waals surface area contributed by atoms with Gasteiger partial charge in [-0.05, 0) is 26.3 Å². The zero-order valence-corrected chi connectivity index (χ0v) is 8.97. The standard InChI is InChI=1S/C7H17IN2/c1-3-7(2)10(8)6-4-5-9/h7H,3-6,9H2,1-2H3. The average molecular weight is 256 g/mol. The maximum Gasteiger partial charge on any atom is 0.0204 e. The molecule has 0 aliphatic carbocycles. The normalized spacial score (nSPS) is 14.1. The van der Waals surface area contributed by atoms with Gasteiger partial charge in [0.05, 0.1) is 0 Å². The first-order valence-electron chi connectivity index (χ1n) is 3.84. The Morgan fingerprint density at radius 1 is 1.60 bits per heavy atom. The fourth-order valence-electron chi connectivity index (χ4n) is 0.661. The quantitative estimate of drug-likeness (QED) is 0.600. The van der Waals surface area contributed by atoms with Crippen molar-refractivity contribution < 1.29 is 0 Å². The second kappa shape index (κ2) is 6.37. The highest BCUT2D eigenvalue weighted by Gasteiger charge is 2.05. The SMILES string of the molecule is CCC(C)N(I)CCCN. The van der Waals surface area contributed by atoms with E-state index in [1.54, 1.807) is 0 Å². The molecule has 0 heterocycles. The van der Waals surface area contributed by atoms with Crippen molar-refractivity contribution in [3.63, 3.8) is 0 Å². The average Bonchev–Trinajstić information content (AvgIpc) is 1.98. The van der Waals surface area contributed by atoms with Crippen LogP contribution in [0.1, 0.15) is 26.7 Å². The molecule has 10 heavy (non-hydrogen) atoms. The summed E-state index contributed by atoms with van der Waals surface area (Å²) in [6.07, 6.45) is 2.32. The van der Waals surface area contributed by atoms with Gasteiger partial charge in [0.2, 0.25) is 0 Å². The lowest BCUT2D eigenvalue weighted by Crippen LogP contribution is -2.24. The molecule has 0 saturated carbocycles. The minimum Gasteiger partial charge on any atom is -0.330 e. The molecular weight excluding hydrogens is 239 g/mol. The van der Waals surface area contributed by atoms with E-state index in [0.29, 0.717) is 6.04 Å². The fourth-order valence-corrected chi connectivity index (χ4v) is 1.40. The summed E-state index contributed by atoms with van der Waals surface area (Å²) in [5.74, 6) is 0. The van der Waals surface area contributed by atoms with Crippen LogP contribution >= 0.6 is 22.9 Å². The van der Waals surface area contributed by atoms with Gasteiger partial charge in [-0.25, -0.2) is 3.11 Å². The van der Waals surface area contributed by atoms with Crippen molar-refractivity contribution in [1.82, 2.24) is 3.11 Å². The molecule has 0 fully saturated rings. The zero-order chi connectivity index (χ0) is 7.98. The summed E-state index contributed by atoms with van der Waals surface area (Å²) in [7, 11) is 0. The largest absolute Gasteiger partial charge is 0.330 e. The van der Waals surface area contributed by atoms with E-state index in [1.165, 1.54) is 6.42 Å². The van der Waals surface area contributed by atoms with Gasteiger partial charge < -0.3 is 5.73 Å². The van der Waals surface area contributed by atoms with Gasteiger partial charge in [-0.2, -0.15) is 0 Å². The lowest BCUT2D eigenvalue weighted by Gasteiger charge is -2.20. The summed E-state index contributed by atoms with van der Waals surface area (Å²) in [6.45, 7) is 6.36. The molecule has 62 valence electrons. The summed E-state index contributed by atoms with van der Waals surface area (Å²) in [6, 6.07) is 0.687. The monoisotopic (exact) mass is 256 g/mol. The topological polar surface area (TPSA) is 29.3 Å². The molecule has 1 atom stereocenters. The Morgan fingerprint density at radius 3 is 2.60 bits per heavy atom. The third kappa shape index (κ3) is 4.46. The van der Waals surface area contributed by atoms with Crippen LogP contribution in [-0.2, 0) is 0 Å². The van der Waals surface area contributed by atoms with Crippen molar-refractivity contribution in [3.8, 4) is 0 Å². The highest BCUT2D eigenvalue weighted by Crippen LogP contribution is 2.09.